The molecule has 1 unspecified atom stereocenters. The highest BCUT2D eigenvalue weighted by Gasteiger charge is 2.28. The van der Waals surface area contributed by atoms with Gasteiger partial charge in [0.15, 0.2) is 5.16 Å². The van der Waals surface area contributed by atoms with E-state index >= 15 is 0 Å². The SMILES string of the molecule is NC(=O)C1CCCN(C(=O)CSc2nc3sc4c(c3c(=O)n2Cc2ccco2)CCCC4)C1. The molecule has 1 saturated heterocycles. The molecule has 3 aromatic rings. The number of primary amides is 1. The number of carbonyl (C=O) groups is 2. The minimum absolute atomic E-state index is 0.0717. The Balaban J connectivity index is 1.44. The van der Waals surface area contributed by atoms with Gasteiger partial charge in [-0.3, -0.25) is 19.0 Å². The van der Waals surface area contributed by atoms with Crippen molar-refractivity contribution in [1.29, 1.82) is 0 Å². The number of likely N-dealkylation sites (tertiary alicyclic amines) is 1. The lowest BCUT2D eigenvalue weighted by Crippen LogP contribution is -2.44. The number of carbonyl (C=O) groups excluding carboxylic acids is 2. The van der Waals surface area contributed by atoms with Crippen molar-refractivity contribution in [2.45, 2.75) is 50.2 Å². The maximum absolute atomic E-state index is 13.6. The van der Waals surface area contributed by atoms with Crippen LogP contribution in [0.2, 0.25) is 0 Å². The van der Waals surface area contributed by atoms with E-state index in [2.05, 4.69) is 0 Å². The number of furan rings is 1. The number of hydrogen-bond acceptors (Lipinski definition) is 7. The predicted molar refractivity (Wildman–Crippen MR) is 128 cm³/mol. The van der Waals surface area contributed by atoms with Gasteiger partial charge in [0.05, 0.1) is 29.9 Å². The first-order valence-corrected chi connectivity index (χ1v) is 13.1. The molecule has 0 bridgehead atoms. The lowest BCUT2D eigenvalue weighted by Gasteiger charge is -2.31. The van der Waals surface area contributed by atoms with Crippen LogP contribution in [-0.4, -0.2) is 45.1 Å². The van der Waals surface area contributed by atoms with E-state index in [0.717, 1.165) is 54.3 Å². The first-order chi connectivity index (χ1) is 16.0. The van der Waals surface area contributed by atoms with Crippen LogP contribution in [0.15, 0.2) is 32.8 Å². The van der Waals surface area contributed by atoms with Crippen LogP contribution in [0.3, 0.4) is 0 Å². The van der Waals surface area contributed by atoms with Crippen LogP contribution in [0.25, 0.3) is 10.2 Å². The molecule has 2 aliphatic rings. The van der Waals surface area contributed by atoms with E-state index in [1.165, 1.54) is 16.6 Å². The lowest BCUT2D eigenvalue weighted by molar-refractivity contribution is -0.132. The number of fused-ring (bicyclic) bond motifs is 3. The number of aromatic nitrogens is 2. The standard InChI is InChI=1S/C23H26N4O4S2/c24-20(29)14-5-3-9-26(11-14)18(28)13-32-23-25-21-19(16-7-1-2-8-17(16)33-21)22(30)27(23)12-15-6-4-10-31-15/h4,6,10,14H,1-3,5,7-9,11-13H2,(H2,24,29). The van der Waals surface area contributed by atoms with E-state index < -0.39 is 0 Å². The summed E-state index contributed by atoms with van der Waals surface area (Å²) in [6.07, 6.45) is 7.19. The second kappa shape index (κ2) is 9.34. The Bertz CT molecular complexity index is 1250. The molecule has 2 amide bonds. The van der Waals surface area contributed by atoms with Crippen molar-refractivity contribution in [2.75, 3.05) is 18.8 Å². The number of nitrogens with zero attached hydrogens (tertiary/aromatic N) is 3. The van der Waals surface area contributed by atoms with Gasteiger partial charge < -0.3 is 15.1 Å². The number of thiophene rings is 1. The van der Waals surface area contributed by atoms with Crippen molar-refractivity contribution in [3.63, 3.8) is 0 Å². The van der Waals surface area contributed by atoms with Gasteiger partial charge in [0, 0.05) is 18.0 Å². The molecular weight excluding hydrogens is 460 g/mol. The second-order valence-corrected chi connectivity index (χ2v) is 10.7. The second-order valence-electron chi connectivity index (χ2n) is 8.63. The molecule has 8 nitrogen and oxygen atoms in total. The zero-order chi connectivity index (χ0) is 22.9. The molecule has 1 aliphatic carbocycles. The molecule has 3 aromatic heterocycles. The molecule has 0 radical (unpaired) electrons. The van der Waals surface area contributed by atoms with Crippen molar-refractivity contribution < 1.29 is 14.0 Å². The summed E-state index contributed by atoms with van der Waals surface area (Å²) < 4.78 is 7.12. The average Bonchev–Trinajstić information content (AvgIpc) is 3.47. The van der Waals surface area contributed by atoms with Crippen LogP contribution >= 0.6 is 23.1 Å². The molecule has 4 heterocycles. The molecule has 1 atom stereocenters. The summed E-state index contributed by atoms with van der Waals surface area (Å²) in [5, 5.41) is 1.23. The van der Waals surface area contributed by atoms with Gasteiger partial charge in [-0.15, -0.1) is 11.3 Å². The number of piperidine rings is 1. The van der Waals surface area contributed by atoms with Gasteiger partial charge in [-0.1, -0.05) is 11.8 Å². The summed E-state index contributed by atoms with van der Waals surface area (Å²) in [6.45, 7) is 1.24. The van der Waals surface area contributed by atoms with Gasteiger partial charge in [-0.25, -0.2) is 4.98 Å². The molecular formula is C23H26N4O4S2. The number of aryl methyl sites for hydroxylation is 2. The fraction of sp³-hybridized carbons (Fsp3) is 0.478. The molecule has 1 aliphatic heterocycles. The van der Waals surface area contributed by atoms with Gasteiger partial charge in [0.2, 0.25) is 11.8 Å². The van der Waals surface area contributed by atoms with Gasteiger partial charge >= 0.3 is 0 Å². The minimum Gasteiger partial charge on any atom is -0.467 e. The highest BCUT2D eigenvalue weighted by atomic mass is 32.2. The zero-order valence-corrected chi connectivity index (χ0v) is 19.9. The van der Waals surface area contributed by atoms with E-state index in [9.17, 15) is 14.4 Å². The smallest absolute Gasteiger partial charge is 0.263 e. The summed E-state index contributed by atoms with van der Waals surface area (Å²) in [4.78, 5) is 46.6. The largest absolute Gasteiger partial charge is 0.467 e. The first-order valence-electron chi connectivity index (χ1n) is 11.3. The molecule has 2 N–H and O–H groups in total. The molecule has 174 valence electrons. The highest BCUT2D eigenvalue weighted by Crippen LogP contribution is 2.35. The summed E-state index contributed by atoms with van der Waals surface area (Å²) >= 11 is 2.87. The summed E-state index contributed by atoms with van der Waals surface area (Å²) in [6, 6.07) is 3.62. The summed E-state index contributed by atoms with van der Waals surface area (Å²) in [5.74, 6) is 0.0799. The summed E-state index contributed by atoms with van der Waals surface area (Å²) in [5.41, 5.74) is 6.52. The lowest BCUT2D eigenvalue weighted by atomic mass is 9.97. The fourth-order valence-corrected chi connectivity index (χ4v) is 6.89. The number of amides is 2. The third kappa shape index (κ3) is 4.46. The number of hydrogen-bond donors (Lipinski definition) is 1. The predicted octanol–water partition coefficient (Wildman–Crippen LogP) is 2.79. The van der Waals surface area contributed by atoms with Crippen LogP contribution in [0, 0.1) is 5.92 Å². The molecule has 33 heavy (non-hydrogen) atoms. The molecule has 5 rings (SSSR count). The van der Waals surface area contributed by atoms with Gasteiger partial charge in [0.1, 0.15) is 10.6 Å². The van der Waals surface area contributed by atoms with E-state index in [0.29, 0.717) is 24.0 Å². The number of nitrogens with two attached hydrogens (primary N) is 1. The van der Waals surface area contributed by atoms with Crippen LogP contribution < -0.4 is 11.3 Å². The quantitative estimate of drug-likeness (QED) is 0.424. The third-order valence-corrected chi connectivity index (χ3v) is 8.58. The van der Waals surface area contributed by atoms with Crippen LogP contribution in [-0.2, 0) is 29.0 Å². The Labute approximate surface area is 199 Å². The highest BCUT2D eigenvalue weighted by molar-refractivity contribution is 7.99. The van der Waals surface area contributed by atoms with E-state index in [-0.39, 0.29) is 35.6 Å². The molecule has 1 fully saturated rings. The van der Waals surface area contributed by atoms with Crippen molar-refractivity contribution in [3.8, 4) is 0 Å². The van der Waals surface area contributed by atoms with Gasteiger partial charge in [-0.05, 0) is 56.2 Å². The molecule has 0 saturated carbocycles. The Morgan fingerprint density at radius 1 is 1.27 bits per heavy atom. The van der Waals surface area contributed by atoms with E-state index in [1.807, 2.05) is 6.07 Å². The van der Waals surface area contributed by atoms with Crippen molar-refractivity contribution >= 4 is 45.1 Å². The zero-order valence-electron chi connectivity index (χ0n) is 18.2. The Hall–Kier alpha value is -2.59. The molecule has 0 aromatic carbocycles. The Morgan fingerprint density at radius 3 is 2.91 bits per heavy atom. The van der Waals surface area contributed by atoms with E-state index in [4.69, 9.17) is 15.1 Å². The normalized spacial score (nSPS) is 18.4. The van der Waals surface area contributed by atoms with Crippen LogP contribution in [0.1, 0.15) is 41.9 Å². The Morgan fingerprint density at radius 2 is 2.12 bits per heavy atom. The summed E-state index contributed by atoms with van der Waals surface area (Å²) in [7, 11) is 0. The van der Waals surface area contributed by atoms with Gasteiger partial charge in [-0.2, -0.15) is 0 Å². The van der Waals surface area contributed by atoms with Crippen molar-refractivity contribution in [2.24, 2.45) is 11.7 Å². The van der Waals surface area contributed by atoms with E-state index in [1.54, 1.807) is 33.1 Å². The molecule has 10 heteroatoms. The van der Waals surface area contributed by atoms with Crippen LogP contribution in [0.5, 0.6) is 0 Å². The number of thioether (sulfide) groups is 1. The Kier molecular flexibility index (Phi) is 6.29. The maximum Gasteiger partial charge on any atom is 0.263 e. The van der Waals surface area contributed by atoms with Crippen LogP contribution in [0.4, 0.5) is 0 Å². The first kappa shape index (κ1) is 22.2. The average molecular weight is 487 g/mol. The number of rotatable bonds is 6. The topological polar surface area (TPSA) is 111 Å². The monoisotopic (exact) mass is 486 g/mol. The maximum atomic E-state index is 13.6. The van der Waals surface area contributed by atoms with Crippen molar-refractivity contribution in [3.05, 3.63) is 45.0 Å². The van der Waals surface area contributed by atoms with Crippen molar-refractivity contribution in [1.82, 2.24) is 14.5 Å². The minimum atomic E-state index is -0.360. The fourth-order valence-electron chi connectivity index (χ4n) is 4.68. The third-order valence-electron chi connectivity index (χ3n) is 6.44. The van der Waals surface area contributed by atoms with Gasteiger partial charge in [0.25, 0.3) is 5.56 Å². The molecule has 0 spiro atoms.